The predicted octanol–water partition coefficient (Wildman–Crippen LogP) is 4.58. The van der Waals surface area contributed by atoms with Crippen molar-refractivity contribution >= 4 is 45.6 Å². The summed E-state index contributed by atoms with van der Waals surface area (Å²) in [4.78, 5) is 26.7. The molecule has 2 heterocycles. The van der Waals surface area contributed by atoms with E-state index in [-0.39, 0.29) is 17.7 Å². The Labute approximate surface area is 177 Å². The molecule has 4 rings (SSSR count). The minimum absolute atomic E-state index is 0.0485. The molecular formula is C21H19ClN4O2S. The van der Waals surface area contributed by atoms with E-state index in [2.05, 4.69) is 15.5 Å². The molecule has 0 bridgehead atoms. The van der Waals surface area contributed by atoms with Crippen LogP contribution in [0.4, 0.5) is 10.8 Å². The molecule has 0 unspecified atom stereocenters. The first-order valence-electron chi connectivity index (χ1n) is 9.19. The Morgan fingerprint density at radius 1 is 1.17 bits per heavy atom. The molecule has 1 aliphatic rings. The number of halogens is 1. The van der Waals surface area contributed by atoms with E-state index in [9.17, 15) is 9.59 Å². The molecule has 2 aromatic carbocycles. The third-order valence-corrected chi connectivity index (χ3v) is 6.39. The summed E-state index contributed by atoms with van der Waals surface area (Å²) >= 11 is 7.36. The maximum absolute atomic E-state index is 12.6. The fourth-order valence-corrected chi connectivity index (χ4v) is 4.33. The van der Waals surface area contributed by atoms with Crippen molar-refractivity contribution in [1.82, 2.24) is 10.2 Å². The van der Waals surface area contributed by atoms with Gasteiger partial charge < -0.3 is 4.90 Å². The van der Waals surface area contributed by atoms with E-state index < -0.39 is 0 Å². The zero-order chi connectivity index (χ0) is 20.5. The number of hydrogen-bond acceptors (Lipinski definition) is 5. The fourth-order valence-electron chi connectivity index (χ4n) is 3.28. The largest absolute Gasteiger partial charge is 0.312 e. The van der Waals surface area contributed by atoms with Gasteiger partial charge in [-0.15, -0.1) is 10.2 Å². The molecule has 1 atom stereocenters. The Morgan fingerprint density at radius 2 is 1.97 bits per heavy atom. The quantitative estimate of drug-likeness (QED) is 0.662. The number of carbonyl (C=O) groups excluding carboxylic acids is 2. The van der Waals surface area contributed by atoms with Crippen LogP contribution in [0.3, 0.4) is 0 Å². The molecule has 1 N–H and O–H groups in total. The minimum Gasteiger partial charge on any atom is -0.312 e. The lowest BCUT2D eigenvalue weighted by Crippen LogP contribution is -2.24. The van der Waals surface area contributed by atoms with Crippen molar-refractivity contribution in [2.24, 2.45) is 0 Å². The van der Waals surface area contributed by atoms with Gasteiger partial charge in [-0.1, -0.05) is 41.1 Å². The summed E-state index contributed by atoms with van der Waals surface area (Å²) in [6.07, 6.45) is 0.375. The highest BCUT2D eigenvalue weighted by atomic mass is 35.5. The van der Waals surface area contributed by atoms with Crippen LogP contribution in [0.25, 0.3) is 0 Å². The second kappa shape index (κ2) is 7.93. The van der Waals surface area contributed by atoms with Crippen LogP contribution in [-0.4, -0.2) is 28.6 Å². The average molecular weight is 427 g/mol. The lowest BCUT2D eigenvalue weighted by Gasteiger charge is -2.17. The molecule has 0 saturated carbocycles. The molecule has 0 spiro atoms. The van der Waals surface area contributed by atoms with Crippen molar-refractivity contribution in [3.63, 3.8) is 0 Å². The van der Waals surface area contributed by atoms with E-state index in [0.717, 1.165) is 16.3 Å². The number of rotatable bonds is 4. The van der Waals surface area contributed by atoms with Gasteiger partial charge in [-0.2, -0.15) is 0 Å². The summed E-state index contributed by atoms with van der Waals surface area (Å²) in [5.41, 5.74) is 3.62. The predicted molar refractivity (Wildman–Crippen MR) is 115 cm³/mol. The highest BCUT2D eigenvalue weighted by Crippen LogP contribution is 2.35. The van der Waals surface area contributed by atoms with Crippen LogP contribution >= 0.6 is 22.9 Å². The number of benzene rings is 2. The zero-order valence-corrected chi connectivity index (χ0v) is 17.5. The van der Waals surface area contributed by atoms with Gasteiger partial charge >= 0.3 is 0 Å². The SMILES string of the molecule is Cc1ccc(N2C[C@@H](c3nnc(NC(=O)c4ccccc4Cl)s3)CC2=O)cc1C. The first-order valence-corrected chi connectivity index (χ1v) is 10.4. The lowest BCUT2D eigenvalue weighted by atomic mass is 10.1. The summed E-state index contributed by atoms with van der Waals surface area (Å²) in [5.74, 6) is -0.319. The molecule has 0 radical (unpaired) electrons. The third-order valence-electron chi connectivity index (χ3n) is 5.06. The molecule has 2 amide bonds. The smallest absolute Gasteiger partial charge is 0.259 e. The molecule has 8 heteroatoms. The van der Waals surface area contributed by atoms with Crippen molar-refractivity contribution in [3.05, 3.63) is 69.2 Å². The fraction of sp³-hybridized carbons (Fsp3) is 0.238. The normalized spacial score (nSPS) is 16.3. The molecule has 3 aromatic rings. The maximum Gasteiger partial charge on any atom is 0.259 e. The van der Waals surface area contributed by atoms with Gasteiger partial charge in [0.05, 0.1) is 10.6 Å². The number of aromatic nitrogens is 2. The lowest BCUT2D eigenvalue weighted by molar-refractivity contribution is -0.117. The Balaban J connectivity index is 1.47. The monoisotopic (exact) mass is 426 g/mol. The van der Waals surface area contributed by atoms with Crippen LogP contribution in [0.1, 0.15) is 38.8 Å². The maximum atomic E-state index is 12.6. The van der Waals surface area contributed by atoms with Crippen LogP contribution in [0, 0.1) is 13.8 Å². The number of amides is 2. The number of aryl methyl sites for hydroxylation is 2. The summed E-state index contributed by atoms with van der Waals surface area (Å²) in [5, 5.41) is 12.5. The molecule has 6 nitrogen and oxygen atoms in total. The van der Waals surface area contributed by atoms with E-state index in [1.54, 1.807) is 29.2 Å². The van der Waals surface area contributed by atoms with Crippen LogP contribution < -0.4 is 10.2 Å². The average Bonchev–Trinajstić information content (AvgIpc) is 3.31. The number of anilines is 2. The Kier molecular flexibility index (Phi) is 5.34. The Bertz CT molecular complexity index is 1100. The van der Waals surface area contributed by atoms with Gasteiger partial charge in [0.25, 0.3) is 5.91 Å². The number of carbonyl (C=O) groups is 2. The van der Waals surface area contributed by atoms with Gasteiger partial charge in [0.1, 0.15) is 5.01 Å². The molecule has 1 saturated heterocycles. The second-order valence-electron chi connectivity index (χ2n) is 7.05. The van der Waals surface area contributed by atoms with Crippen LogP contribution in [-0.2, 0) is 4.79 Å². The Morgan fingerprint density at radius 3 is 2.72 bits per heavy atom. The second-order valence-corrected chi connectivity index (χ2v) is 8.47. The highest BCUT2D eigenvalue weighted by Gasteiger charge is 2.34. The van der Waals surface area contributed by atoms with Crippen molar-refractivity contribution in [2.45, 2.75) is 26.2 Å². The summed E-state index contributed by atoms with van der Waals surface area (Å²) in [6, 6.07) is 12.9. The molecule has 1 aromatic heterocycles. The van der Waals surface area contributed by atoms with Gasteiger partial charge in [-0.3, -0.25) is 14.9 Å². The molecular weight excluding hydrogens is 408 g/mol. The van der Waals surface area contributed by atoms with E-state index in [0.29, 0.717) is 28.7 Å². The summed E-state index contributed by atoms with van der Waals surface area (Å²) in [6.45, 7) is 4.64. The van der Waals surface area contributed by atoms with E-state index in [1.165, 1.54) is 16.9 Å². The summed E-state index contributed by atoms with van der Waals surface area (Å²) < 4.78 is 0. The number of hydrogen-bond donors (Lipinski definition) is 1. The van der Waals surface area contributed by atoms with Gasteiger partial charge in [-0.25, -0.2) is 0 Å². The molecule has 1 aliphatic heterocycles. The topological polar surface area (TPSA) is 75.2 Å². The highest BCUT2D eigenvalue weighted by molar-refractivity contribution is 7.15. The Hall–Kier alpha value is -2.77. The van der Waals surface area contributed by atoms with Gasteiger partial charge in [-0.05, 0) is 49.2 Å². The van der Waals surface area contributed by atoms with Crippen LogP contribution in [0.5, 0.6) is 0 Å². The summed E-state index contributed by atoms with van der Waals surface area (Å²) in [7, 11) is 0. The van der Waals surface area contributed by atoms with E-state index in [4.69, 9.17) is 11.6 Å². The van der Waals surface area contributed by atoms with Crippen LogP contribution in [0.2, 0.25) is 5.02 Å². The number of nitrogens with zero attached hydrogens (tertiary/aromatic N) is 3. The third kappa shape index (κ3) is 4.02. The van der Waals surface area contributed by atoms with Crippen molar-refractivity contribution in [3.8, 4) is 0 Å². The molecule has 148 valence electrons. The van der Waals surface area contributed by atoms with Gasteiger partial charge in [0, 0.05) is 24.6 Å². The first-order chi connectivity index (χ1) is 13.9. The molecule has 0 aliphatic carbocycles. The van der Waals surface area contributed by atoms with E-state index in [1.807, 2.05) is 32.0 Å². The molecule has 1 fully saturated rings. The minimum atomic E-state index is -0.336. The van der Waals surface area contributed by atoms with Crippen molar-refractivity contribution in [2.75, 3.05) is 16.8 Å². The van der Waals surface area contributed by atoms with Crippen molar-refractivity contribution in [1.29, 1.82) is 0 Å². The standard InChI is InChI=1S/C21H19ClN4O2S/c1-12-7-8-15(9-13(12)2)26-11-14(10-18(26)27)20-24-25-21(29-20)23-19(28)16-5-3-4-6-17(16)22/h3-9,14H,10-11H2,1-2H3,(H,23,25,28)/t14-/m0/s1. The van der Waals surface area contributed by atoms with Crippen molar-refractivity contribution < 1.29 is 9.59 Å². The van der Waals surface area contributed by atoms with E-state index >= 15 is 0 Å². The van der Waals surface area contributed by atoms with Crippen LogP contribution in [0.15, 0.2) is 42.5 Å². The van der Waals surface area contributed by atoms with Gasteiger partial charge in [0.2, 0.25) is 11.0 Å². The number of nitrogens with one attached hydrogen (secondary N) is 1. The zero-order valence-electron chi connectivity index (χ0n) is 16.0. The first kappa shape index (κ1) is 19.5. The molecule has 29 heavy (non-hydrogen) atoms. The van der Waals surface area contributed by atoms with Gasteiger partial charge in [0.15, 0.2) is 0 Å².